The third-order valence-electron chi connectivity index (χ3n) is 4.40. The van der Waals surface area contributed by atoms with E-state index in [-0.39, 0.29) is 6.03 Å². The number of anilines is 2. The Balaban J connectivity index is 1.55. The van der Waals surface area contributed by atoms with Gasteiger partial charge in [0, 0.05) is 23.0 Å². The Morgan fingerprint density at radius 2 is 1.52 bits per heavy atom. The molecule has 0 bridgehead atoms. The first-order chi connectivity index (χ1) is 14.2. The van der Waals surface area contributed by atoms with Crippen LogP contribution in [-0.4, -0.2) is 22.8 Å². The summed E-state index contributed by atoms with van der Waals surface area (Å²) in [6.07, 6.45) is 3.41. The van der Waals surface area contributed by atoms with Crippen LogP contribution in [0.1, 0.15) is 32.3 Å². The van der Waals surface area contributed by atoms with E-state index in [2.05, 4.69) is 39.9 Å². The van der Waals surface area contributed by atoms with E-state index in [0.29, 0.717) is 18.2 Å². The Hall–Kier alpha value is -3.41. The Morgan fingerprint density at radius 1 is 0.862 bits per heavy atom. The molecule has 150 valence electrons. The number of hydrogen-bond acceptors (Lipinski definition) is 4. The van der Waals surface area contributed by atoms with Crippen molar-refractivity contribution in [1.82, 2.24) is 10.2 Å². The second-order valence-electron chi connectivity index (χ2n) is 6.65. The SMILES string of the molecule is CCCCc1ccc(NC(=O)Nc2ccc(-c3ccc(OCC)nn3)cc2)cc1. The van der Waals surface area contributed by atoms with Crippen molar-refractivity contribution >= 4 is 17.4 Å². The molecule has 2 N–H and O–H groups in total. The van der Waals surface area contributed by atoms with Crippen molar-refractivity contribution in [1.29, 1.82) is 0 Å². The molecule has 29 heavy (non-hydrogen) atoms. The number of amides is 2. The molecule has 0 saturated heterocycles. The summed E-state index contributed by atoms with van der Waals surface area (Å²) in [4.78, 5) is 12.2. The third-order valence-corrected chi connectivity index (χ3v) is 4.40. The van der Waals surface area contributed by atoms with Crippen molar-refractivity contribution in [2.24, 2.45) is 0 Å². The smallest absolute Gasteiger partial charge is 0.323 e. The van der Waals surface area contributed by atoms with Crippen molar-refractivity contribution < 1.29 is 9.53 Å². The van der Waals surface area contributed by atoms with E-state index in [1.807, 2.05) is 49.4 Å². The fraction of sp³-hybridized carbons (Fsp3) is 0.261. The van der Waals surface area contributed by atoms with Crippen LogP contribution in [0.2, 0.25) is 0 Å². The molecular weight excluding hydrogens is 364 g/mol. The predicted octanol–water partition coefficient (Wildman–Crippen LogP) is 5.53. The predicted molar refractivity (Wildman–Crippen MR) is 116 cm³/mol. The van der Waals surface area contributed by atoms with Gasteiger partial charge in [-0.15, -0.1) is 10.2 Å². The Kier molecular flexibility index (Phi) is 7.16. The van der Waals surface area contributed by atoms with E-state index in [1.54, 1.807) is 6.07 Å². The van der Waals surface area contributed by atoms with E-state index >= 15 is 0 Å². The number of hydrogen-bond donors (Lipinski definition) is 2. The summed E-state index contributed by atoms with van der Waals surface area (Å²) >= 11 is 0. The van der Waals surface area contributed by atoms with Crippen molar-refractivity contribution in [3.63, 3.8) is 0 Å². The van der Waals surface area contributed by atoms with Crippen LogP contribution in [0.15, 0.2) is 60.7 Å². The molecule has 6 heteroatoms. The number of aromatic nitrogens is 2. The molecule has 0 aliphatic rings. The first kappa shape index (κ1) is 20.3. The quantitative estimate of drug-likeness (QED) is 0.530. The molecule has 0 aliphatic carbocycles. The van der Waals surface area contributed by atoms with Gasteiger partial charge >= 0.3 is 6.03 Å². The Morgan fingerprint density at radius 3 is 2.07 bits per heavy atom. The monoisotopic (exact) mass is 390 g/mol. The highest BCUT2D eigenvalue weighted by Gasteiger charge is 2.05. The summed E-state index contributed by atoms with van der Waals surface area (Å²) in [7, 11) is 0. The maximum atomic E-state index is 12.2. The Labute approximate surface area is 171 Å². The first-order valence-corrected chi connectivity index (χ1v) is 9.92. The van der Waals surface area contributed by atoms with Crippen LogP contribution in [0.3, 0.4) is 0 Å². The second-order valence-corrected chi connectivity index (χ2v) is 6.65. The molecule has 0 radical (unpaired) electrons. The van der Waals surface area contributed by atoms with Gasteiger partial charge in [-0.2, -0.15) is 0 Å². The fourth-order valence-electron chi connectivity index (χ4n) is 2.85. The van der Waals surface area contributed by atoms with Crippen LogP contribution in [0, 0.1) is 0 Å². The third kappa shape index (κ3) is 6.04. The molecule has 0 unspecified atom stereocenters. The molecule has 0 atom stereocenters. The zero-order valence-corrected chi connectivity index (χ0v) is 16.8. The molecule has 3 rings (SSSR count). The topological polar surface area (TPSA) is 76.1 Å². The van der Waals surface area contributed by atoms with E-state index in [0.717, 1.165) is 23.4 Å². The Bertz CT molecular complexity index is 907. The van der Waals surface area contributed by atoms with E-state index < -0.39 is 0 Å². The van der Waals surface area contributed by atoms with Crippen LogP contribution in [-0.2, 0) is 6.42 Å². The van der Waals surface area contributed by atoms with Gasteiger partial charge in [0.15, 0.2) is 0 Å². The maximum absolute atomic E-state index is 12.2. The second kappa shape index (κ2) is 10.2. The number of aryl methyl sites for hydroxylation is 1. The minimum absolute atomic E-state index is 0.278. The van der Waals surface area contributed by atoms with E-state index in [1.165, 1.54) is 18.4 Å². The van der Waals surface area contributed by atoms with Crippen LogP contribution in [0.5, 0.6) is 5.88 Å². The van der Waals surface area contributed by atoms with Crippen molar-refractivity contribution in [2.75, 3.05) is 17.2 Å². The van der Waals surface area contributed by atoms with Gasteiger partial charge in [0.1, 0.15) is 0 Å². The van der Waals surface area contributed by atoms with Crippen molar-refractivity contribution in [3.8, 4) is 17.1 Å². The molecule has 1 aromatic heterocycles. The van der Waals surface area contributed by atoms with Gasteiger partial charge in [-0.05, 0) is 55.7 Å². The fourth-order valence-corrected chi connectivity index (χ4v) is 2.85. The van der Waals surface area contributed by atoms with E-state index in [4.69, 9.17) is 4.74 Å². The molecule has 1 heterocycles. The lowest BCUT2D eigenvalue weighted by atomic mass is 10.1. The summed E-state index contributed by atoms with van der Waals surface area (Å²) in [5.74, 6) is 0.504. The van der Waals surface area contributed by atoms with Gasteiger partial charge in [-0.1, -0.05) is 37.6 Å². The average molecular weight is 390 g/mol. The van der Waals surface area contributed by atoms with Gasteiger partial charge in [0.05, 0.1) is 12.3 Å². The normalized spacial score (nSPS) is 10.4. The number of urea groups is 1. The molecule has 0 aliphatic heterocycles. The number of carbonyl (C=O) groups is 1. The minimum Gasteiger partial charge on any atom is -0.477 e. The minimum atomic E-state index is -0.278. The highest BCUT2D eigenvalue weighted by molar-refractivity contribution is 5.99. The van der Waals surface area contributed by atoms with Crippen LogP contribution in [0.4, 0.5) is 16.2 Å². The van der Waals surface area contributed by atoms with Gasteiger partial charge in [-0.25, -0.2) is 4.79 Å². The zero-order chi connectivity index (χ0) is 20.5. The molecule has 0 spiro atoms. The lowest BCUT2D eigenvalue weighted by Gasteiger charge is -2.09. The van der Waals surface area contributed by atoms with Crippen LogP contribution in [0.25, 0.3) is 11.3 Å². The number of nitrogens with one attached hydrogen (secondary N) is 2. The average Bonchev–Trinajstić information content (AvgIpc) is 2.75. The largest absolute Gasteiger partial charge is 0.477 e. The van der Waals surface area contributed by atoms with Gasteiger partial charge in [-0.3, -0.25) is 0 Å². The number of carbonyl (C=O) groups excluding carboxylic acids is 1. The van der Waals surface area contributed by atoms with Gasteiger partial charge in [0.2, 0.25) is 5.88 Å². The molecular formula is C23H26N4O2. The molecule has 0 saturated carbocycles. The zero-order valence-electron chi connectivity index (χ0n) is 16.8. The highest BCUT2D eigenvalue weighted by atomic mass is 16.5. The molecule has 2 amide bonds. The summed E-state index contributed by atoms with van der Waals surface area (Å²) < 4.78 is 5.30. The van der Waals surface area contributed by atoms with Gasteiger partial charge < -0.3 is 15.4 Å². The molecule has 6 nitrogen and oxygen atoms in total. The number of nitrogens with zero attached hydrogens (tertiary/aromatic N) is 2. The molecule has 0 fully saturated rings. The maximum Gasteiger partial charge on any atom is 0.323 e. The van der Waals surface area contributed by atoms with Crippen molar-refractivity contribution in [2.45, 2.75) is 33.1 Å². The number of benzene rings is 2. The van der Waals surface area contributed by atoms with E-state index in [9.17, 15) is 4.79 Å². The standard InChI is InChI=1S/C23H26N4O2/c1-3-5-6-17-7-11-19(12-8-17)24-23(28)25-20-13-9-18(10-14-20)21-15-16-22(27-26-21)29-4-2/h7-16H,3-6H2,1-2H3,(H2,24,25,28). The van der Waals surface area contributed by atoms with Crippen LogP contribution < -0.4 is 15.4 Å². The summed E-state index contributed by atoms with van der Waals surface area (Å²) in [5.41, 5.74) is 4.40. The number of rotatable bonds is 8. The molecule has 2 aromatic carbocycles. The lowest BCUT2D eigenvalue weighted by molar-refractivity contribution is 0.262. The lowest BCUT2D eigenvalue weighted by Crippen LogP contribution is -2.19. The summed E-state index contributed by atoms with van der Waals surface area (Å²) in [6.45, 7) is 4.64. The highest BCUT2D eigenvalue weighted by Crippen LogP contribution is 2.20. The van der Waals surface area contributed by atoms with Crippen molar-refractivity contribution in [3.05, 3.63) is 66.2 Å². The summed E-state index contributed by atoms with van der Waals surface area (Å²) in [5, 5.41) is 13.9. The summed E-state index contributed by atoms with van der Waals surface area (Å²) in [6, 6.07) is 18.8. The van der Waals surface area contributed by atoms with Gasteiger partial charge in [0.25, 0.3) is 0 Å². The first-order valence-electron chi connectivity index (χ1n) is 9.92. The molecule has 3 aromatic rings. The number of unbranched alkanes of at least 4 members (excludes halogenated alkanes) is 1. The van der Waals surface area contributed by atoms with Crippen LogP contribution >= 0.6 is 0 Å². The number of ether oxygens (including phenoxy) is 1.